The average Bonchev–Trinajstić information content (AvgIpc) is 3.06. The quantitative estimate of drug-likeness (QED) is 0.534. The summed E-state index contributed by atoms with van der Waals surface area (Å²) in [6, 6.07) is 4.44. The highest BCUT2D eigenvalue weighted by atomic mass is 16.5. The van der Waals surface area contributed by atoms with Gasteiger partial charge >= 0.3 is 5.97 Å². The molecule has 0 bridgehead atoms. The Morgan fingerprint density at radius 1 is 0.970 bits per heavy atom. The first-order valence-corrected chi connectivity index (χ1v) is 12.3. The summed E-state index contributed by atoms with van der Waals surface area (Å²) in [7, 11) is 0. The van der Waals surface area contributed by atoms with Gasteiger partial charge in [-0.15, -0.1) is 0 Å². The first kappa shape index (κ1) is 23.5. The lowest BCUT2D eigenvalue weighted by molar-refractivity contribution is -0.130. The van der Waals surface area contributed by atoms with E-state index in [2.05, 4.69) is 19.2 Å². The molecule has 2 saturated carbocycles. The number of hydrogen-bond acceptors (Lipinski definition) is 5. The van der Waals surface area contributed by atoms with E-state index in [1.165, 1.54) is 23.1 Å². The Morgan fingerprint density at radius 2 is 1.67 bits per heavy atom. The zero-order valence-corrected chi connectivity index (χ0v) is 19.8. The largest absolute Gasteiger partial charge is 0.449 e. The molecule has 3 aliphatic rings. The maximum atomic E-state index is 13.0. The molecule has 0 saturated heterocycles. The van der Waals surface area contributed by atoms with Gasteiger partial charge < -0.3 is 10.1 Å². The summed E-state index contributed by atoms with van der Waals surface area (Å²) in [6.07, 6.45) is 7.00. The molecule has 1 heterocycles. The van der Waals surface area contributed by atoms with Gasteiger partial charge in [-0.3, -0.25) is 19.3 Å². The number of nitrogens with zero attached hydrogens (tertiary/aromatic N) is 1. The molecular weight excluding hydrogens is 420 g/mol. The van der Waals surface area contributed by atoms with Crippen LogP contribution in [0.4, 0.5) is 0 Å². The fourth-order valence-corrected chi connectivity index (χ4v) is 5.43. The maximum Gasteiger partial charge on any atom is 0.338 e. The molecule has 2 fully saturated rings. The Balaban J connectivity index is 1.41. The van der Waals surface area contributed by atoms with Gasteiger partial charge in [-0.25, -0.2) is 4.79 Å². The second-order valence-electron chi connectivity index (χ2n) is 9.96. The molecule has 2 aliphatic carbocycles. The van der Waals surface area contributed by atoms with Crippen LogP contribution in [0.1, 0.15) is 103 Å². The van der Waals surface area contributed by atoms with Gasteiger partial charge in [0.1, 0.15) is 0 Å². The third-order valence-corrected chi connectivity index (χ3v) is 7.78. The molecule has 4 atom stereocenters. The normalized spacial score (nSPS) is 26.6. The van der Waals surface area contributed by atoms with E-state index in [1.54, 1.807) is 6.92 Å². The standard InChI is InChI=1S/C26H34N2O5/c1-15-8-7-11-22(16(15)2)27-23(29)17(3)33-26(32)18-12-13-20-21(14-18)25(31)28(24(20)30)19-9-5-4-6-10-19/h12-17,19,22H,4-11H2,1-3H3,(H,27,29)/t15-,16-,17-,22+/m1/s1. The van der Waals surface area contributed by atoms with E-state index in [1.807, 2.05) is 0 Å². The molecule has 0 radical (unpaired) electrons. The van der Waals surface area contributed by atoms with E-state index < -0.39 is 12.1 Å². The molecular formula is C26H34N2O5. The summed E-state index contributed by atoms with van der Waals surface area (Å²) in [5, 5.41) is 3.03. The van der Waals surface area contributed by atoms with Crippen LogP contribution in [-0.2, 0) is 9.53 Å². The third kappa shape index (κ3) is 4.68. The number of carbonyl (C=O) groups excluding carboxylic acids is 4. The highest BCUT2D eigenvalue weighted by molar-refractivity contribution is 6.22. The van der Waals surface area contributed by atoms with Crippen LogP contribution >= 0.6 is 0 Å². The number of nitrogens with one attached hydrogen (secondary N) is 1. The van der Waals surface area contributed by atoms with Crippen molar-refractivity contribution in [2.75, 3.05) is 0 Å². The van der Waals surface area contributed by atoms with Crippen LogP contribution in [0, 0.1) is 11.8 Å². The number of hydrogen-bond donors (Lipinski definition) is 1. The van der Waals surface area contributed by atoms with Crippen LogP contribution in [0.15, 0.2) is 18.2 Å². The summed E-state index contributed by atoms with van der Waals surface area (Å²) in [6.45, 7) is 5.89. The Bertz CT molecular complexity index is 952. The summed E-state index contributed by atoms with van der Waals surface area (Å²) in [5.41, 5.74) is 0.732. The number of fused-ring (bicyclic) bond motifs is 1. The molecule has 0 unspecified atom stereocenters. The maximum absolute atomic E-state index is 13.0. The third-order valence-electron chi connectivity index (χ3n) is 7.78. The van der Waals surface area contributed by atoms with Gasteiger partial charge in [0.05, 0.1) is 16.7 Å². The van der Waals surface area contributed by atoms with Crippen molar-refractivity contribution >= 4 is 23.7 Å². The Labute approximate surface area is 195 Å². The number of ether oxygens (including phenoxy) is 1. The lowest BCUT2D eigenvalue weighted by Gasteiger charge is -2.35. The number of amides is 3. The summed E-state index contributed by atoms with van der Waals surface area (Å²) in [4.78, 5) is 52.5. The lowest BCUT2D eigenvalue weighted by Crippen LogP contribution is -2.47. The van der Waals surface area contributed by atoms with Crippen LogP contribution in [-0.4, -0.2) is 46.8 Å². The molecule has 7 heteroatoms. The molecule has 33 heavy (non-hydrogen) atoms. The van der Waals surface area contributed by atoms with Gasteiger partial charge in [-0.05, 0) is 56.2 Å². The summed E-state index contributed by atoms with van der Waals surface area (Å²) >= 11 is 0. The second kappa shape index (κ2) is 9.65. The molecule has 1 aromatic rings. The molecule has 7 nitrogen and oxygen atoms in total. The second-order valence-corrected chi connectivity index (χ2v) is 9.96. The molecule has 0 aromatic heterocycles. The minimum atomic E-state index is -0.953. The minimum absolute atomic E-state index is 0.0739. The summed E-state index contributed by atoms with van der Waals surface area (Å²) < 4.78 is 5.41. The smallest absolute Gasteiger partial charge is 0.338 e. The van der Waals surface area contributed by atoms with Gasteiger partial charge in [-0.1, -0.05) is 46.0 Å². The topological polar surface area (TPSA) is 92.8 Å². The number of esters is 1. The van der Waals surface area contributed by atoms with Crippen LogP contribution in [0.3, 0.4) is 0 Å². The van der Waals surface area contributed by atoms with Crippen molar-refractivity contribution in [2.45, 2.75) is 90.3 Å². The molecule has 4 rings (SSSR count). The SMILES string of the molecule is C[C@@H]1[C@H](C)CCC[C@@H]1NC(=O)[C@@H](C)OC(=O)c1ccc2c(c1)C(=O)N(C1CCCCC1)C2=O. The van der Waals surface area contributed by atoms with Crippen LogP contribution in [0.25, 0.3) is 0 Å². The lowest BCUT2D eigenvalue weighted by atomic mass is 9.78. The van der Waals surface area contributed by atoms with Crippen molar-refractivity contribution in [1.29, 1.82) is 0 Å². The zero-order chi connectivity index (χ0) is 23.7. The van der Waals surface area contributed by atoms with Gasteiger partial charge in [0.15, 0.2) is 6.10 Å². The molecule has 1 aliphatic heterocycles. The van der Waals surface area contributed by atoms with E-state index in [0.717, 1.165) is 51.4 Å². The van der Waals surface area contributed by atoms with E-state index in [4.69, 9.17) is 4.74 Å². The van der Waals surface area contributed by atoms with Crippen molar-refractivity contribution in [3.63, 3.8) is 0 Å². The first-order valence-electron chi connectivity index (χ1n) is 12.3. The Morgan fingerprint density at radius 3 is 2.39 bits per heavy atom. The number of imide groups is 1. The minimum Gasteiger partial charge on any atom is -0.449 e. The van der Waals surface area contributed by atoms with Crippen molar-refractivity contribution < 1.29 is 23.9 Å². The predicted molar refractivity (Wildman–Crippen MR) is 123 cm³/mol. The Hall–Kier alpha value is -2.70. The van der Waals surface area contributed by atoms with Crippen molar-refractivity contribution in [2.24, 2.45) is 11.8 Å². The monoisotopic (exact) mass is 454 g/mol. The van der Waals surface area contributed by atoms with Crippen molar-refractivity contribution in [3.8, 4) is 0 Å². The highest BCUT2D eigenvalue weighted by Crippen LogP contribution is 2.32. The number of rotatable bonds is 5. The van der Waals surface area contributed by atoms with E-state index in [9.17, 15) is 19.2 Å². The van der Waals surface area contributed by atoms with Gasteiger partial charge in [0.25, 0.3) is 17.7 Å². The molecule has 178 valence electrons. The fourth-order valence-electron chi connectivity index (χ4n) is 5.43. The average molecular weight is 455 g/mol. The highest BCUT2D eigenvalue weighted by Gasteiger charge is 2.40. The zero-order valence-electron chi connectivity index (χ0n) is 19.8. The molecule has 1 aromatic carbocycles. The predicted octanol–water partition coefficient (Wildman–Crippen LogP) is 4.10. The van der Waals surface area contributed by atoms with Crippen LogP contribution in [0.5, 0.6) is 0 Å². The van der Waals surface area contributed by atoms with Crippen molar-refractivity contribution in [1.82, 2.24) is 10.2 Å². The number of benzene rings is 1. The Kier molecular flexibility index (Phi) is 6.86. The van der Waals surface area contributed by atoms with Gasteiger partial charge in [0.2, 0.25) is 0 Å². The molecule has 3 amide bonds. The van der Waals surface area contributed by atoms with E-state index in [0.29, 0.717) is 17.4 Å². The van der Waals surface area contributed by atoms with E-state index >= 15 is 0 Å². The molecule has 1 N–H and O–H groups in total. The molecule has 0 spiro atoms. The summed E-state index contributed by atoms with van der Waals surface area (Å²) in [5.74, 6) is -0.708. The van der Waals surface area contributed by atoms with E-state index in [-0.39, 0.29) is 40.9 Å². The number of carbonyl (C=O) groups is 4. The van der Waals surface area contributed by atoms with Crippen LogP contribution in [0.2, 0.25) is 0 Å². The van der Waals surface area contributed by atoms with Gasteiger partial charge in [-0.2, -0.15) is 0 Å². The first-order chi connectivity index (χ1) is 15.8. The van der Waals surface area contributed by atoms with Crippen LogP contribution < -0.4 is 5.32 Å². The van der Waals surface area contributed by atoms with Crippen molar-refractivity contribution in [3.05, 3.63) is 34.9 Å². The van der Waals surface area contributed by atoms with Gasteiger partial charge in [0, 0.05) is 12.1 Å². The fraction of sp³-hybridized carbons (Fsp3) is 0.615.